The molecular formula is C79H170. The topological polar surface area (TPSA) is 0 Å². The first-order valence-corrected chi connectivity index (χ1v) is 34.3. The van der Waals surface area contributed by atoms with Crippen LogP contribution < -0.4 is 0 Å². The highest BCUT2D eigenvalue weighted by molar-refractivity contribution is 5.00. The second kappa shape index (κ2) is 36.2. The van der Waals surface area contributed by atoms with Crippen LogP contribution in [0.15, 0.2) is 0 Å². The highest BCUT2D eigenvalue weighted by atomic mass is 14.5. The van der Waals surface area contributed by atoms with E-state index in [1.54, 1.807) is 19.3 Å². The van der Waals surface area contributed by atoms with E-state index in [-0.39, 0.29) is 0 Å². The van der Waals surface area contributed by atoms with Crippen molar-refractivity contribution < 1.29 is 0 Å². The maximum atomic E-state index is 2.44. The van der Waals surface area contributed by atoms with Crippen LogP contribution in [-0.4, -0.2) is 0 Å². The van der Waals surface area contributed by atoms with Gasteiger partial charge in [-0.25, -0.2) is 0 Å². The molecule has 0 amide bonds. The molecule has 0 bridgehead atoms. The summed E-state index contributed by atoms with van der Waals surface area (Å²) in [5.74, 6) is 9.70. The molecule has 0 saturated heterocycles. The molecule has 0 spiro atoms. The van der Waals surface area contributed by atoms with Crippen LogP contribution in [-0.2, 0) is 0 Å². The fourth-order valence-corrected chi connectivity index (χ4v) is 5.85. The Labute approximate surface area is 510 Å². The zero-order chi connectivity index (χ0) is 65.6. The van der Waals surface area contributed by atoms with Gasteiger partial charge in [-0.3, -0.25) is 0 Å². The highest BCUT2D eigenvalue weighted by Crippen LogP contribution is 2.60. The number of hydrogen-bond donors (Lipinski definition) is 0. The lowest BCUT2D eigenvalue weighted by atomic mass is 9.68. The molecule has 0 nitrogen and oxygen atoms in total. The molecule has 4 rings (SSSR count). The minimum atomic E-state index is 0.437. The average molecular weight is 1120 g/mol. The zero-order valence-electron chi connectivity index (χ0n) is 65.6. The van der Waals surface area contributed by atoms with Gasteiger partial charge in [0.1, 0.15) is 0 Å². The molecule has 4 fully saturated rings. The first-order valence-electron chi connectivity index (χ1n) is 34.3. The van der Waals surface area contributed by atoms with Gasteiger partial charge in [-0.05, 0) is 169 Å². The lowest BCUT2D eigenvalue weighted by molar-refractivity contribution is 0.126. The van der Waals surface area contributed by atoms with Gasteiger partial charge in [0.05, 0.1) is 0 Å². The summed E-state index contributed by atoms with van der Waals surface area (Å²) in [7, 11) is 0. The monoisotopic (exact) mass is 1120 g/mol. The van der Waals surface area contributed by atoms with E-state index in [9.17, 15) is 0 Å². The maximum Gasteiger partial charge on any atom is -0.0297 e. The van der Waals surface area contributed by atoms with Gasteiger partial charge in [0, 0.05) is 0 Å². The van der Waals surface area contributed by atoms with Crippen LogP contribution in [0.3, 0.4) is 0 Å². The Morgan fingerprint density at radius 3 is 0.658 bits per heavy atom. The summed E-state index contributed by atoms with van der Waals surface area (Å²) in [6.45, 7) is 105. The van der Waals surface area contributed by atoms with Gasteiger partial charge < -0.3 is 0 Å². The van der Waals surface area contributed by atoms with Gasteiger partial charge in [0.15, 0.2) is 0 Å². The van der Waals surface area contributed by atoms with Crippen LogP contribution >= 0.6 is 0 Å². The van der Waals surface area contributed by atoms with Gasteiger partial charge in [-0.1, -0.05) is 344 Å². The van der Waals surface area contributed by atoms with Gasteiger partial charge in [0.25, 0.3) is 0 Å². The first kappa shape index (κ1) is 90.2. The number of rotatable bonds is 9. The molecule has 0 heteroatoms. The lowest BCUT2D eigenvalue weighted by Gasteiger charge is -2.37. The molecule has 0 N–H and O–H groups in total. The van der Waals surface area contributed by atoms with Gasteiger partial charge in [-0.2, -0.15) is 0 Å². The molecule has 0 radical (unpaired) electrons. The fourth-order valence-electron chi connectivity index (χ4n) is 5.85. The molecule has 0 aromatic heterocycles. The predicted octanol–water partition coefficient (Wildman–Crippen LogP) is 29.1. The fraction of sp³-hybridized carbons (Fsp3) is 1.00. The second-order valence-electron chi connectivity index (χ2n) is 38.8. The molecule has 4 saturated carbocycles. The van der Waals surface area contributed by atoms with Gasteiger partial charge in [0.2, 0.25) is 0 Å². The van der Waals surface area contributed by atoms with E-state index in [4.69, 9.17) is 0 Å². The van der Waals surface area contributed by atoms with Crippen LogP contribution in [0, 0.1) is 124 Å². The molecule has 2 unspecified atom stereocenters. The Balaban J connectivity index is -0.000000187. The van der Waals surface area contributed by atoms with Crippen molar-refractivity contribution in [3.8, 4) is 0 Å². The summed E-state index contributed by atoms with van der Waals surface area (Å²) in [6.07, 6.45) is 15.9. The first-order chi connectivity index (χ1) is 34.3. The van der Waals surface area contributed by atoms with Gasteiger partial charge >= 0.3 is 0 Å². The highest BCUT2D eigenvalue weighted by Gasteiger charge is 2.49. The Hall–Kier alpha value is 0. The molecule has 0 heterocycles. The number of hydrogen-bond acceptors (Lipinski definition) is 0. The summed E-state index contributed by atoms with van der Waals surface area (Å²) in [5.41, 5.74) is 5.97. The Bertz CT molecular complexity index is 1300. The van der Waals surface area contributed by atoms with E-state index >= 15 is 0 Å². The molecule has 0 aliphatic heterocycles. The molecule has 79 heavy (non-hydrogen) atoms. The van der Waals surface area contributed by atoms with Crippen molar-refractivity contribution in [1.29, 1.82) is 0 Å². The minimum absolute atomic E-state index is 0.437. The maximum absolute atomic E-state index is 2.44. The third-order valence-corrected chi connectivity index (χ3v) is 23.4. The zero-order valence-corrected chi connectivity index (χ0v) is 65.6. The third kappa shape index (κ3) is 46.0. The molecule has 4 aliphatic carbocycles. The van der Waals surface area contributed by atoms with E-state index in [1.807, 2.05) is 0 Å². The second-order valence-corrected chi connectivity index (χ2v) is 38.8. The van der Waals surface area contributed by atoms with E-state index in [0.717, 1.165) is 52.8 Å². The molecule has 0 aromatic rings. The van der Waals surface area contributed by atoms with Crippen LogP contribution in [0.2, 0.25) is 0 Å². The van der Waals surface area contributed by atoms with Crippen molar-refractivity contribution >= 4 is 0 Å². The van der Waals surface area contributed by atoms with E-state index in [2.05, 4.69) is 318 Å². The minimum Gasteiger partial charge on any atom is -0.0651 e. The summed E-state index contributed by atoms with van der Waals surface area (Å²) in [6, 6.07) is 0. The predicted molar refractivity (Wildman–Crippen MR) is 376 cm³/mol. The molecule has 486 valence electrons. The summed E-state index contributed by atoms with van der Waals surface area (Å²) >= 11 is 0. The standard InChI is InChI=1S/C9H20.7C8H18.2C7H12/c1-7-9(5,6)8(2,3)4;3*1-7(2,3)8(4,5)6;2*1-6-7(2)8(3,4)5;1-6-8(4,5)7(2)3;1-6(2)8(5)7(3)4;1-7(4-5-7)6-2-3-6;1-5-4-7(5)6-2-3-6/h7H2,1-6H3;3*1-6H3;3*7H,6H2,1-5H3;6-8H,1-5H3;6H,2-5H2,1H3;5-7H,2-4H2,1H3/t;;;;7-;;;;;5-,7?/m....1....0/s1. The van der Waals surface area contributed by atoms with Crippen molar-refractivity contribution in [3.63, 3.8) is 0 Å². The molecule has 4 aliphatic rings. The van der Waals surface area contributed by atoms with Crippen LogP contribution in [0.4, 0.5) is 0 Å². The Morgan fingerprint density at radius 1 is 0.380 bits per heavy atom. The Kier molecular flexibility index (Phi) is 41.3. The SMILES string of the molecule is CC(C)(C)C(C)(C)C.CC(C)(C)C(C)(C)C.CC(C)(C)C(C)(C)C.CC(C)C(C)C(C)C.CC1(C2CC2)CC1.CCC(C)(C)C(C)(C)C.CCC(C)(C)C(C)C.CCC(C)C(C)(C)C.CC[C@@H](C)C(C)(C)C.C[C@H]1CC1C1CC1. The summed E-state index contributed by atoms with van der Waals surface area (Å²) in [5, 5.41) is 0. The van der Waals surface area contributed by atoms with Crippen molar-refractivity contribution in [2.75, 3.05) is 0 Å². The average Bonchev–Trinajstić information content (AvgIpc) is 4.02. The van der Waals surface area contributed by atoms with E-state index in [1.165, 1.54) is 63.2 Å². The van der Waals surface area contributed by atoms with Crippen LogP contribution in [0.1, 0.15) is 389 Å². The summed E-state index contributed by atoms with van der Waals surface area (Å²) in [4.78, 5) is 0. The van der Waals surface area contributed by atoms with Crippen molar-refractivity contribution in [1.82, 2.24) is 0 Å². The van der Waals surface area contributed by atoms with Crippen molar-refractivity contribution in [2.45, 2.75) is 389 Å². The largest absolute Gasteiger partial charge is 0.0651 e. The van der Waals surface area contributed by atoms with Crippen molar-refractivity contribution in [2.24, 2.45) is 124 Å². The summed E-state index contributed by atoms with van der Waals surface area (Å²) < 4.78 is 0. The van der Waals surface area contributed by atoms with E-state index in [0.29, 0.717) is 59.6 Å². The Morgan fingerprint density at radius 2 is 0.633 bits per heavy atom. The quantitative estimate of drug-likeness (QED) is 0.216. The van der Waals surface area contributed by atoms with Crippen molar-refractivity contribution in [3.05, 3.63) is 0 Å². The normalized spacial score (nSPS) is 19.2. The van der Waals surface area contributed by atoms with Crippen LogP contribution in [0.5, 0.6) is 0 Å². The molecular weight excluding hydrogens is 949 g/mol. The smallest absolute Gasteiger partial charge is 0.0297 e. The third-order valence-electron chi connectivity index (χ3n) is 23.4. The molecule has 0 aromatic carbocycles. The lowest BCUT2D eigenvalue weighted by Crippen LogP contribution is -2.28. The van der Waals surface area contributed by atoms with Gasteiger partial charge in [-0.15, -0.1) is 0 Å². The van der Waals surface area contributed by atoms with Crippen LogP contribution in [0.25, 0.3) is 0 Å². The molecule has 4 atom stereocenters. The van der Waals surface area contributed by atoms with E-state index < -0.39 is 0 Å².